The van der Waals surface area contributed by atoms with E-state index in [0.29, 0.717) is 59.2 Å². The number of hydrogen-bond donors (Lipinski definition) is 0. The molecule has 9 nitrogen and oxygen atoms in total. The highest BCUT2D eigenvalue weighted by Gasteiger charge is 2.45. The van der Waals surface area contributed by atoms with Gasteiger partial charge in [0.05, 0.1) is 27.4 Å². The summed E-state index contributed by atoms with van der Waals surface area (Å²) >= 11 is 0. The van der Waals surface area contributed by atoms with E-state index in [1.807, 2.05) is 55.5 Å². The van der Waals surface area contributed by atoms with Crippen LogP contribution in [0.1, 0.15) is 62.1 Å². The molecule has 0 amide bonds. The van der Waals surface area contributed by atoms with E-state index in [1.165, 1.54) is 6.92 Å². The molecule has 0 radical (unpaired) electrons. The summed E-state index contributed by atoms with van der Waals surface area (Å²) in [5.74, 6) is -0.855. The highest BCUT2D eigenvalue weighted by molar-refractivity contribution is 6.09. The van der Waals surface area contributed by atoms with Crippen LogP contribution in [0.15, 0.2) is 83.0 Å². The molecule has 5 rings (SSSR count). The van der Waals surface area contributed by atoms with Gasteiger partial charge in [-0.25, -0.2) is 0 Å². The maximum Gasteiger partial charge on any atom is 0.315 e. The van der Waals surface area contributed by atoms with E-state index in [4.69, 9.17) is 28.7 Å². The average molecular weight is 626 g/mol. The van der Waals surface area contributed by atoms with Gasteiger partial charge >= 0.3 is 11.9 Å². The Morgan fingerprint density at radius 2 is 1.57 bits per heavy atom. The average Bonchev–Trinajstić information content (AvgIpc) is 3.04. The van der Waals surface area contributed by atoms with Crippen molar-refractivity contribution in [2.45, 2.75) is 51.9 Å². The number of esters is 2. The van der Waals surface area contributed by atoms with E-state index in [1.54, 1.807) is 39.3 Å². The van der Waals surface area contributed by atoms with Crippen molar-refractivity contribution in [3.05, 3.63) is 94.7 Å². The first-order valence-corrected chi connectivity index (χ1v) is 15.4. The topological polar surface area (TPSA) is 110 Å². The summed E-state index contributed by atoms with van der Waals surface area (Å²) in [6.07, 6.45) is 1.30. The van der Waals surface area contributed by atoms with E-state index in [0.717, 1.165) is 11.1 Å². The molecule has 0 aromatic heterocycles. The molecule has 240 valence electrons. The fourth-order valence-corrected chi connectivity index (χ4v) is 6.30. The summed E-state index contributed by atoms with van der Waals surface area (Å²) in [7, 11) is 3.16. The lowest BCUT2D eigenvalue weighted by molar-refractivity contribution is -0.146. The monoisotopic (exact) mass is 625 g/mol. The minimum absolute atomic E-state index is 0.0913. The van der Waals surface area contributed by atoms with Gasteiger partial charge in [-0.2, -0.15) is 0 Å². The van der Waals surface area contributed by atoms with Crippen LogP contribution in [0.2, 0.25) is 0 Å². The number of ketones is 1. The Morgan fingerprint density at radius 3 is 2.26 bits per heavy atom. The fourth-order valence-electron chi connectivity index (χ4n) is 6.30. The maximum absolute atomic E-state index is 14.1. The number of carbonyl (C=O) groups excluding carboxylic acids is 3. The number of methoxy groups -OCH3 is 2. The van der Waals surface area contributed by atoms with Crippen molar-refractivity contribution in [1.29, 1.82) is 0 Å². The standard InChI is InChI=1S/C37H39NO8/c1-6-44-33-21-26(13-15-31(33)46-23(3)39)35-34(37(41)45-17-16-24-10-8-7-9-11-24)22(2)38-28-18-27(19-29(40)36(28)35)25-12-14-30(42-4)32(20-25)43-5/h7-15,20-21,27,34-35H,6,16-19H2,1-5H3. The zero-order valence-electron chi connectivity index (χ0n) is 26.8. The molecule has 3 aromatic rings. The van der Waals surface area contributed by atoms with Crippen LogP contribution in [0, 0.1) is 5.92 Å². The van der Waals surface area contributed by atoms with Crippen LogP contribution < -0.4 is 18.9 Å². The summed E-state index contributed by atoms with van der Waals surface area (Å²) in [6.45, 7) is 5.47. The number of aliphatic imine (C=N–C) groups is 1. The fraction of sp³-hybridized carbons (Fsp3) is 0.351. The van der Waals surface area contributed by atoms with E-state index in [9.17, 15) is 14.4 Å². The molecule has 3 atom stereocenters. The molecule has 3 unspecified atom stereocenters. The predicted molar refractivity (Wildman–Crippen MR) is 173 cm³/mol. The summed E-state index contributed by atoms with van der Waals surface area (Å²) in [5, 5.41) is 0. The van der Waals surface area contributed by atoms with E-state index in [2.05, 4.69) is 0 Å². The Hall–Kier alpha value is -4.92. The van der Waals surface area contributed by atoms with Gasteiger partial charge in [0.2, 0.25) is 0 Å². The maximum atomic E-state index is 14.1. The van der Waals surface area contributed by atoms with Crippen LogP contribution >= 0.6 is 0 Å². The minimum Gasteiger partial charge on any atom is -0.493 e. The number of nitrogens with zero attached hydrogens (tertiary/aromatic N) is 1. The number of carbonyl (C=O) groups is 3. The van der Waals surface area contributed by atoms with Crippen LogP contribution in [0.5, 0.6) is 23.0 Å². The number of rotatable bonds is 11. The van der Waals surface area contributed by atoms with Crippen molar-refractivity contribution < 1.29 is 38.1 Å². The van der Waals surface area contributed by atoms with Crippen LogP contribution in [-0.2, 0) is 25.5 Å². The number of hydrogen-bond acceptors (Lipinski definition) is 9. The first kappa shape index (κ1) is 32.5. The molecule has 3 aromatic carbocycles. The Labute approximate surface area is 269 Å². The van der Waals surface area contributed by atoms with Gasteiger partial charge in [-0.3, -0.25) is 19.4 Å². The second-order valence-corrected chi connectivity index (χ2v) is 11.3. The Balaban J connectivity index is 1.53. The van der Waals surface area contributed by atoms with Gasteiger partial charge in [0.1, 0.15) is 5.92 Å². The van der Waals surface area contributed by atoms with Gasteiger partial charge in [-0.05, 0) is 67.1 Å². The largest absolute Gasteiger partial charge is 0.493 e. The molecule has 0 spiro atoms. The second-order valence-electron chi connectivity index (χ2n) is 11.3. The normalized spacial score (nSPS) is 19.1. The van der Waals surface area contributed by atoms with Gasteiger partial charge in [0.25, 0.3) is 0 Å². The summed E-state index contributed by atoms with van der Waals surface area (Å²) in [5.41, 5.74) is 4.37. The molecule has 1 aliphatic carbocycles. The van der Waals surface area contributed by atoms with Crippen molar-refractivity contribution >= 4 is 23.4 Å². The molecular weight excluding hydrogens is 586 g/mol. The third-order valence-electron chi connectivity index (χ3n) is 8.38. The van der Waals surface area contributed by atoms with Crippen LogP contribution in [0.4, 0.5) is 0 Å². The predicted octanol–water partition coefficient (Wildman–Crippen LogP) is 6.39. The van der Waals surface area contributed by atoms with Crippen molar-refractivity contribution in [1.82, 2.24) is 0 Å². The van der Waals surface area contributed by atoms with E-state index >= 15 is 0 Å². The SMILES string of the molecule is CCOc1cc(C2C3=C(CC(c4ccc(OC)c(OC)c4)CC3=O)N=C(C)C2C(=O)OCCc2ccccc2)ccc1OC(C)=O. The molecule has 0 N–H and O–H groups in total. The third kappa shape index (κ3) is 6.98. The highest BCUT2D eigenvalue weighted by Crippen LogP contribution is 2.48. The minimum atomic E-state index is -0.829. The van der Waals surface area contributed by atoms with Crippen LogP contribution in [0.3, 0.4) is 0 Å². The quantitative estimate of drug-likeness (QED) is 0.178. The summed E-state index contributed by atoms with van der Waals surface area (Å²) in [6, 6.07) is 20.6. The van der Waals surface area contributed by atoms with Crippen molar-refractivity contribution in [2.24, 2.45) is 10.9 Å². The van der Waals surface area contributed by atoms with Gasteiger partial charge in [0, 0.05) is 42.7 Å². The first-order chi connectivity index (χ1) is 22.2. The molecule has 0 saturated heterocycles. The molecule has 0 saturated carbocycles. The zero-order valence-corrected chi connectivity index (χ0v) is 26.8. The molecule has 9 heteroatoms. The third-order valence-corrected chi connectivity index (χ3v) is 8.38. The van der Waals surface area contributed by atoms with E-state index < -0.39 is 23.8 Å². The molecule has 0 fully saturated rings. The summed E-state index contributed by atoms with van der Waals surface area (Å²) in [4.78, 5) is 44.6. The first-order valence-electron chi connectivity index (χ1n) is 15.4. The number of Topliss-reactive ketones (excluding diaryl/α,β-unsaturated/α-hetero) is 1. The Morgan fingerprint density at radius 1 is 0.870 bits per heavy atom. The van der Waals surface area contributed by atoms with Crippen LogP contribution in [0.25, 0.3) is 0 Å². The van der Waals surface area contributed by atoms with Gasteiger partial charge < -0.3 is 23.7 Å². The molecule has 46 heavy (non-hydrogen) atoms. The smallest absolute Gasteiger partial charge is 0.315 e. The molecule has 1 aliphatic heterocycles. The Kier molecular flexibility index (Phi) is 10.2. The lowest BCUT2D eigenvalue weighted by atomic mass is 9.69. The Bertz CT molecular complexity index is 1680. The lowest BCUT2D eigenvalue weighted by Gasteiger charge is -2.36. The van der Waals surface area contributed by atoms with Crippen LogP contribution in [-0.4, -0.2) is 50.9 Å². The molecule has 1 heterocycles. The number of benzene rings is 3. The molecule has 2 aliphatic rings. The lowest BCUT2D eigenvalue weighted by Crippen LogP contribution is -2.38. The van der Waals surface area contributed by atoms with Gasteiger partial charge in [-0.15, -0.1) is 0 Å². The molecule has 0 bridgehead atoms. The number of allylic oxidation sites excluding steroid dienone is 2. The second kappa shape index (κ2) is 14.5. The van der Waals surface area contributed by atoms with E-state index in [-0.39, 0.29) is 30.5 Å². The van der Waals surface area contributed by atoms with Crippen molar-refractivity contribution in [2.75, 3.05) is 27.4 Å². The van der Waals surface area contributed by atoms with Gasteiger partial charge in [-0.1, -0.05) is 42.5 Å². The number of ether oxygens (including phenoxy) is 5. The van der Waals surface area contributed by atoms with Crippen molar-refractivity contribution in [3.63, 3.8) is 0 Å². The van der Waals surface area contributed by atoms with Crippen molar-refractivity contribution in [3.8, 4) is 23.0 Å². The molecular formula is C37H39NO8. The zero-order chi connectivity index (χ0) is 32.8. The highest BCUT2D eigenvalue weighted by atomic mass is 16.6. The van der Waals surface area contributed by atoms with Gasteiger partial charge in [0.15, 0.2) is 28.8 Å². The summed E-state index contributed by atoms with van der Waals surface area (Å²) < 4.78 is 28.0.